The minimum Gasteiger partial charge on any atom is -0.400 e. The molecule has 4 heteroatoms. The molecule has 0 spiro atoms. The van der Waals surface area contributed by atoms with E-state index in [1.807, 2.05) is 0 Å². The van der Waals surface area contributed by atoms with E-state index in [0.29, 0.717) is 17.1 Å². The highest BCUT2D eigenvalue weighted by molar-refractivity contribution is 6.29. The standard InChI is InChI=1S/C6H4ClNO.CH4O/c7-6-3-1-2-5(4-9)8-6;1-2/h1-4H;2H,1H3. The second-order valence-corrected chi connectivity index (χ2v) is 1.89. The quantitative estimate of drug-likeness (QED) is 0.512. The monoisotopic (exact) mass is 173 g/mol. The van der Waals surface area contributed by atoms with Crippen LogP contribution in [0.25, 0.3) is 0 Å². The van der Waals surface area contributed by atoms with Gasteiger partial charge in [-0.05, 0) is 12.1 Å². The summed E-state index contributed by atoms with van der Waals surface area (Å²) in [7, 11) is 1.00. The van der Waals surface area contributed by atoms with E-state index in [9.17, 15) is 4.79 Å². The topological polar surface area (TPSA) is 50.2 Å². The lowest BCUT2D eigenvalue weighted by Crippen LogP contribution is -1.83. The zero-order valence-electron chi connectivity index (χ0n) is 5.99. The van der Waals surface area contributed by atoms with E-state index >= 15 is 0 Å². The second kappa shape index (κ2) is 5.82. The second-order valence-electron chi connectivity index (χ2n) is 1.50. The Hall–Kier alpha value is -0.930. The molecule has 0 saturated heterocycles. The molecule has 0 aliphatic rings. The molecule has 0 radical (unpaired) electrons. The number of aromatic nitrogens is 1. The lowest BCUT2D eigenvalue weighted by molar-refractivity contribution is 0.111. The first-order valence-corrected chi connectivity index (χ1v) is 3.23. The number of hydrogen-bond acceptors (Lipinski definition) is 3. The molecule has 1 heterocycles. The first-order chi connectivity index (χ1) is 5.33. The van der Waals surface area contributed by atoms with Crippen LogP contribution in [0, 0.1) is 0 Å². The third-order valence-corrected chi connectivity index (χ3v) is 1.07. The van der Waals surface area contributed by atoms with Crippen molar-refractivity contribution >= 4 is 17.9 Å². The summed E-state index contributed by atoms with van der Waals surface area (Å²) in [6.45, 7) is 0. The van der Waals surface area contributed by atoms with Crippen molar-refractivity contribution in [3.8, 4) is 0 Å². The number of carbonyl (C=O) groups excluding carboxylic acids is 1. The van der Waals surface area contributed by atoms with Crippen LogP contribution in [-0.2, 0) is 0 Å². The van der Waals surface area contributed by atoms with Gasteiger partial charge in [-0.3, -0.25) is 4.79 Å². The van der Waals surface area contributed by atoms with Crippen molar-refractivity contribution in [1.29, 1.82) is 0 Å². The Kier molecular flexibility index (Phi) is 5.33. The Balaban J connectivity index is 0.000000461. The minimum atomic E-state index is 0.347. The van der Waals surface area contributed by atoms with Crippen LogP contribution in [0.15, 0.2) is 18.2 Å². The summed E-state index contributed by atoms with van der Waals surface area (Å²) in [4.78, 5) is 13.7. The highest BCUT2D eigenvalue weighted by Crippen LogP contribution is 2.02. The van der Waals surface area contributed by atoms with Gasteiger partial charge < -0.3 is 5.11 Å². The van der Waals surface area contributed by atoms with Gasteiger partial charge in [0.1, 0.15) is 10.8 Å². The number of aliphatic hydroxyl groups is 1. The molecule has 11 heavy (non-hydrogen) atoms. The SMILES string of the molecule is CO.O=Cc1cccc(Cl)n1. The van der Waals surface area contributed by atoms with Crippen LogP contribution in [0.5, 0.6) is 0 Å². The number of aldehydes is 1. The largest absolute Gasteiger partial charge is 0.400 e. The van der Waals surface area contributed by atoms with Gasteiger partial charge in [0.05, 0.1) is 0 Å². The average Bonchev–Trinajstić information content (AvgIpc) is 2.08. The highest BCUT2D eigenvalue weighted by atomic mass is 35.5. The van der Waals surface area contributed by atoms with Crippen molar-refractivity contribution in [2.75, 3.05) is 7.11 Å². The third-order valence-electron chi connectivity index (χ3n) is 0.857. The van der Waals surface area contributed by atoms with Crippen LogP contribution in [0.2, 0.25) is 5.15 Å². The Labute approximate surface area is 69.6 Å². The molecule has 0 atom stereocenters. The zero-order valence-corrected chi connectivity index (χ0v) is 6.75. The number of carbonyl (C=O) groups is 1. The summed E-state index contributed by atoms with van der Waals surface area (Å²) in [5.74, 6) is 0. The van der Waals surface area contributed by atoms with Crippen molar-refractivity contribution < 1.29 is 9.90 Å². The molecule has 0 fully saturated rings. The van der Waals surface area contributed by atoms with E-state index in [2.05, 4.69) is 4.98 Å². The number of rotatable bonds is 1. The summed E-state index contributed by atoms with van der Waals surface area (Å²) < 4.78 is 0. The molecule has 0 saturated carbocycles. The van der Waals surface area contributed by atoms with Crippen molar-refractivity contribution in [1.82, 2.24) is 4.98 Å². The van der Waals surface area contributed by atoms with E-state index in [4.69, 9.17) is 16.7 Å². The van der Waals surface area contributed by atoms with Crippen LogP contribution in [-0.4, -0.2) is 23.5 Å². The van der Waals surface area contributed by atoms with Crippen LogP contribution in [0.4, 0.5) is 0 Å². The van der Waals surface area contributed by atoms with Gasteiger partial charge in [0.15, 0.2) is 6.29 Å². The molecular weight excluding hydrogens is 166 g/mol. The number of pyridine rings is 1. The van der Waals surface area contributed by atoms with Crippen molar-refractivity contribution in [3.63, 3.8) is 0 Å². The van der Waals surface area contributed by atoms with Gasteiger partial charge in [-0.2, -0.15) is 0 Å². The van der Waals surface area contributed by atoms with Gasteiger partial charge in [0.2, 0.25) is 0 Å². The lowest BCUT2D eigenvalue weighted by Gasteiger charge is -1.87. The maximum atomic E-state index is 10.0. The van der Waals surface area contributed by atoms with Gasteiger partial charge >= 0.3 is 0 Å². The predicted octanol–water partition coefficient (Wildman–Crippen LogP) is 1.16. The van der Waals surface area contributed by atoms with Crippen LogP contribution < -0.4 is 0 Å². The molecule has 0 aromatic carbocycles. The smallest absolute Gasteiger partial charge is 0.168 e. The summed E-state index contributed by atoms with van der Waals surface area (Å²) >= 11 is 5.45. The minimum absolute atomic E-state index is 0.347. The Morgan fingerprint density at radius 3 is 2.55 bits per heavy atom. The van der Waals surface area contributed by atoms with Crippen molar-refractivity contribution in [2.24, 2.45) is 0 Å². The van der Waals surface area contributed by atoms with E-state index in [1.165, 1.54) is 0 Å². The van der Waals surface area contributed by atoms with Gasteiger partial charge in [0.25, 0.3) is 0 Å². The van der Waals surface area contributed by atoms with E-state index in [1.54, 1.807) is 18.2 Å². The van der Waals surface area contributed by atoms with Crippen molar-refractivity contribution in [3.05, 3.63) is 29.0 Å². The van der Waals surface area contributed by atoms with Crippen molar-refractivity contribution in [2.45, 2.75) is 0 Å². The molecule has 0 unspecified atom stereocenters. The molecule has 1 aromatic heterocycles. The molecule has 3 nitrogen and oxygen atoms in total. The summed E-state index contributed by atoms with van der Waals surface area (Å²) in [6.07, 6.45) is 0.659. The third kappa shape index (κ3) is 3.70. The number of halogens is 1. The number of aliphatic hydroxyl groups excluding tert-OH is 1. The first kappa shape index (κ1) is 10.1. The highest BCUT2D eigenvalue weighted by Gasteiger charge is 1.89. The Bertz CT molecular complexity index is 227. The molecule has 0 bridgehead atoms. The summed E-state index contributed by atoms with van der Waals surface area (Å²) in [6, 6.07) is 4.90. The molecular formula is C7H8ClNO2. The van der Waals surface area contributed by atoms with Gasteiger partial charge in [-0.25, -0.2) is 4.98 Å². The zero-order chi connectivity index (χ0) is 8.69. The van der Waals surface area contributed by atoms with E-state index in [0.717, 1.165) is 7.11 Å². The normalized spacial score (nSPS) is 7.91. The van der Waals surface area contributed by atoms with Gasteiger partial charge in [0, 0.05) is 7.11 Å². The van der Waals surface area contributed by atoms with Crippen LogP contribution in [0.3, 0.4) is 0 Å². The molecule has 1 aromatic rings. The summed E-state index contributed by atoms with van der Waals surface area (Å²) in [5.41, 5.74) is 0.363. The maximum absolute atomic E-state index is 10.0. The Morgan fingerprint density at radius 1 is 1.55 bits per heavy atom. The molecule has 0 aliphatic carbocycles. The number of hydrogen-bond donors (Lipinski definition) is 1. The molecule has 60 valence electrons. The first-order valence-electron chi connectivity index (χ1n) is 2.85. The lowest BCUT2D eigenvalue weighted by atomic mass is 10.4. The predicted molar refractivity (Wildman–Crippen MR) is 42.8 cm³/mol. The fraction of sp³-hybridized carbons (Fsp3) is 0.143. The van der Waals surface area contributed by atoms with Crippen LogP contribution >= 0.6 is 11.6 Å². The Morgan fingerprint density at radius 2 is 2.18 bits per heavy atom. The molecule has 0 aliphatic heterocycles. The molecule has 1 rings (SSSR count). The average molecular weight is 174 g/mol. The van der Waals surface area contributed by atoms with E-state index in [-0.39, 0.29) is 0 Å². The molecule has 1 N–H and O–H groups in total. The fourth-order valence-corrected chi connectivity index (χ4v) is 0.660. The van der Waals surface area contributed by atoms with Crippen LogP contribution in [0.1, 0.15) is 10.5 Å². The van der Waals surface area contributed by atoms with Gasteiger partial charge in [-0.15, -0.1) is 0 Å². The van der Waals surface area contributed by atoms with Gasteiger partial charge in [-0.1, -0.05) is 17.7 Å². The summed E-state index contributed by atoms with van der Waals surface area (Å²) in [5, 5.41) is 7.35. The fourth-order valence-electron chi connectivity index (χ4n) is 0.490. The van der Waals surface area contributed by atoms with E-state index < -0.39 is 0 Å². The number of nitrogens with zero attached hydrogens (tertiary/aromatic N) is 1. The molecule has 0 amide bonds. The maximum Gasteiger partial charge on any atom is 0.168 e.